The van der Waals surface area contributed by atoms with Crippen molar-refractivity contribution in [2.45, 2.75) is 130 Å². The fourth-order valence-electron chi connectivity index (χ4n) is 0. The van der Waals surface area contributed by atoms with Crippen LogP contribution in [0.2, 0.25) is 0 Å². The van der Waals surface area contributed by atoms with Gasteiger partial charge in [0.25, 0.3) is 0 Å². The lowest BCUT2D eigenvalue weighted by Gasteiger charge is -1.68. The molecule has 0 heterocycles. The summed E-state index contributed by atoms with van der Waals surface area (Å²) in [6.07, 6.45) is 3.89. The molecule has 0 aliphatic rings. The molecule has 0 rings (SSSR count). The van der Waals surface area contributed by atoms with Crippen LogP contribution in [-0.2, 0) is 0 Å². The minimum atomic E-state index is 1.25. The Bertz CT molecular complexity index is 63.8. The molecule has 0 unspecified atom stereocenters. The van der Waals surface area contributed by atoms with Crippen molar-refractivity contribution >= 4 is 0 Å². The second-order valence-electron chi connectivity index (χ2n) is 2.21. The van der Waals surface area contributed by atoms with Crippen molar-refractivity contribution in [3.63, 3.8) is 0 Å². The summed E-state index contributed by atoms with van der Waals surface area (Å²) in [4.78, 5) is 0. The van der Waals surface area contributed by atoms with Crippen molar-refractivity contribution < 1.29 is 0 Å². The van der Waals surface area contributed by atoms with E-state index in [-0.39, 0.29) is 0 Å². The second kappa shape index (κ2) is 324. The van der Waals surface area contributed by atoms with Crippen molar-refractivity contribution in [1.29, 1.82) is 0 Å². The predicted molar refractivity (Wildman–Crippen MR) is 112 cm³/mol. The molecule has 0 amide bonds. The second-order valence-corrected chi connectivity index (χ2v) is 2.21. The normalized spacial score (nSPS) is 4.38. The summed E-state index contributed by atoms with van der Waals surface area (Å²) in [5.74, 6) is 5.36. The molecule has 0 heteroatoms. The third kappa shape index (κ3) is 2480. The van der Waals surface area contributed by atoms with E-state index in [1.807, 2.05) is 83.1 Å². The molecule has 0 atom stereocenters. The molecule has 0 N–H and O–H groups in total. The summed E-state index contributed by atoms with van der Waals surface area (Å²) in [7, 11) is 0. The molecule has 0 saturated carbocycles. The van der Waals surface area contributed by atoms with Crippen molar-refractivity contribution in [3.8, 4) is 11.8 Å². The van der Waals surface area contributed by atoms with Crippen molar-refractivity contribution in [2.75, 3.05) is 0 Å². The highest BCUT2D eigenvalue weighted by molar-refractivity contribution is 4.89. The number of rotatable bonds is 1. The van der Waals surface area contributed by atoms with Gasteiger partial charge in [0.05, 0.1) is 0 Å². The average molecular weight is 307 g/mol. The van der Waals surface area contributed by atoms with Crippen molar-refractivity contribution in [2.24, 2.45) is 0 Å². The van der Waals surface area contributed by atoms with E-state index < -0.39 is 0 Å². The lowest BCUT2D eigenvalue weighted by atomic mass is 10.4. The average Bonchev–Trinajstić information content (AvgIpc) is 2.64. The highest BCUT2D eigenvalue weighted by atomic mass is 13.6. The van der Waals surface area contributed by atoms with Crippen LogP contribution in [0, 0.1) is 11.8 Å². The molecule has 0 radical (unpaired) electrons. The Hall–Kier alpha value is -0.440. The summed E-state index contributed by atoms with van der Waals surface area (Å²) < 4.78 is 0. The van der Waals surface area contributed by atoms with Gasteiger partial charge in [0.2, 0.25) is 0 Å². The number of hydrogen-bond donors (Lipinski definition) is 0. The van der Waals surface area contributed by atoms with Gasteiger partial charge in [0.15, 0.2) is 0 Å². The smallest absolute Gasteiger partial charge is 0.00271 e. The van der Waals surface area contributed by atoms with E-state index in [0.717, 1.165) is 0 Å². The molecule has 21 heavy (non-hydrogen) atoms. The fourth-order valence-corrected chi connectivity index (χ4v) is 0. The summed E-state index contributed by atoms with van der Waals surface area (Å²) in [5, 5.41) is 0. The quantitative estimate of drug-likeness (QED) is 0.423. The molecule has 0 saturated heterocycles. The molecule has 138 valence electrons. The molecular formula is C21H54. The van der Waals surface area contributed by atoms with Crippen LogP contribution in [0.15, 0.2) is 0 Å². The summed E-state index contributed by atoms with van der Waals surface area (Å²) in [6.45, 7) is 32.2. The van der Waals surface area contributed by atoms with Gasteiger partial charge in [-0.15, -0.1) is 11.8 Å². The Balaban J connectivity index is -0.0000000158. The summed E-state index contributed by atoms with van der Waals surface area (Å²) >= 11 is 0. The Morgan fingerprint density at radius 3 is 0.524 bits per heavy atom. The van der Waals surface area contributed by atoms with Gasteiger partial charge in [-0.25, -0.2) is 0 Å². The first kappa shape index (κ1) is 49.9. The molecule has 0 aliphatic carbocycles. The topological polar surface area (TPSA) is 0 Å². The van der Waals surface area contributed by atoms with Crippen LogP contribution in [0.4, 0.5) is 0 Å². The SMILES string of the molecule is CC.CC.CC.CC.CC.CC#CC.CCC.CCCC. The van der Waals surface area contributed by atoms with Crippen LogP contribution in [-0.4, -0.2) is 0 Å². The number of unbranched alkanes of at least 4 members (excludes halogenated alkanes) is 1. The van der Waals surface area contributed by atoms with Gasteiger partial charge in [-0.1, -0.05) is 116 Å². The van der Waals surface area contributed by atoms with Gasteiger partial charge in [0.1, 0.15) is 0 Å². The summed E-state index contributed by atoms with van der Waals surface area (Å²) in [6, 6.07) is 0. The largest absolute Gasteiger partial charge is 0.107 e. The Kier molecular flexibility index (Phi) is 769. The third-order valence-electron chi connectivity index (χ3n) is 0.750. The van der Waals surface area contributed by atoms with Crippen LogP contribution < -0.4 is 0 Å². The molecule has 0 bridgehead atoms. The van der Waals surface area contributed by atoms with Gasteiger partial charge in [-0.2, -0.15) is 0 Å². The minimum absolute atomic E-state index is 1.25. The van der Waals surface area contributed by atoms with Gasteiger partial charge in [-0.05, 0) is 13.8 Å². The molecule has 0 aliphatic heterocycles. The molecule has 0 spiro atoms. The molecule has 0 fully saturated rings. The lowest BCUT2D eigenvalue weighted by molar-refractivity contribution is 0.886. The van der Waals surface area contributed by atoms with Crippen LogP contribution in [0.3, 0.4) is 0 Å². The molecule has 0 aromatic rings. The first-order chi connectivity index (χ1) is 10.2. The van der Waals surface area contributed by atoms with E-state index >= 15 is 0 Å². The Labute approximate surface area is 142 Å². The maximum absolute atomic E-state index is 2.68. The van der Waals surface area contributed by atoms with E-state index in [2.05, 4.69) is 39.5 Å². The predicted octanol–water partition coefficient (Wildman–Crippen LogP) is 9.38. The van der Waals surface area contributed by atoms with Gasteiger partial charge >= 0.3 is 0 Å². The number of hydrogen-bond acceptors (Lipinski definition) is 0. The van der Waals surface area contributed by atoms with Crippen LogP contribution >= 0.6 is 0 Å². The first-order valence-corrected chi connectivity index (χ1v) is 9.58. The molecule has 0 nitrogen and oxygen atoms in total. The van der Waals surface area contributed by atoms with Crippen molar-refractivity contribution in [1.82, 2.24) is 0 Å². The lowest BCUT2D eigenvalue weighted by Crippen LogP contribution is -1.47. The van der Waals surface area contributed by atoms with E-state index in [9.17, 15) is 0 Å². The van der Waals surface area contributed by atoms with E-state index in [1.165, 1.54) is 19.3 Å². The van der Waals surface area contributed by atoms with E-state index in [0.29, 0.717) is 0 Å². The molecule has 0 aromatic carbocycles. The highest BCUT2D eigenvalue weighted by Crippen LogP contribution is 1.76. The van der Waals surface area contributed by atoms with Crippen LogP contribution in [0.1, 0.15) is 130 Å². The van der Waals surface area contributed by atoms with Crippen molar-refractivity contribution in [3.05, 3.63) is 0 Å². The van der Waals surface area contributed by atoms with Crippen LogP contribution in [0.5, 0.6) is 0 Å². The Morgan fingerprint density at radius 2 is 0.524 bits per heavy atom. The van der Waals surface area contributed by atoms with E-state index in [4.69, 9.17) is 0 Å². The summed E-state index contributed by atoms with van der Waals surface area (Å²) in [5.41, 5.74) is 0. The molecular weight excluding hydrogens is 252 g/mol. The van der Waals surface area contributed by atoms with Gasteiger partial charge in [0, 0.05) is 0 Å². The maximum Gasteiger partial charge on any atom is -0.00271 e. The zero-order valence-corrected chi connectivity index (χ0v) is 19.1. The minimum Gasteiger partial charge on any atom is -0.107 e. The highest BCUT2D eigenvalue weighted by Gasteiger charge is 1.56. The Morgan fingerprint density at radius 1 is 0.429 bits per heavy atom. The standard InChI is InChI=1S/C4H10.C4H6.C3H8.5C2H6/c2*1-3-4-2;1-3-2;5*1-2/h3-4H2,1-2H3;1-2H3;3H2,1-2H3;5*1-2H3. The maximum atomic E-state index is 2.68. The van der Waals surface area contributed by atoms with Crippen LogP contribution in [0.25, 0.3) is 0 Å². The first-order valence-electron chi connectivity index (χ1n) is 9.58. The zero-order chi connectivity index (χ0) is 19.5. The monoisotopic (exact) mass is 306 g/mol. The zero-order valence-electron chi connectivity index (χ0n) is 19.1. The van der Waals surface area contributed by atoms with E-state index in [1.54, 1.807) is 0 Å². The van der Waals surface area contributed by atoms with Gasteiger partial charge < -0.3 is 0 Å². The molecule has 0 aromatic heterocycles. The fraction of sp³-hybridized carbons (Fsp3) is 0.905. The third-order valence-corrected chi connectivity index (χ3v) is 0.750. The van der Waals surface area contributed by atoms with Gasteiger partial charge in [-0.3, -0.25) is 0 Å².